The number of hydrogen-bond acceptors (Lipinski definition) is 1. The first-order chi connectivity index (χ1) is 10.1. The lowest BCUT2D eigenvalue weighted by molar-refractivity contribution is 0.507. The van der Waals surface area contributed by atoms with Crippen molar-refractivity contribution in [2.24, 2.45) is 0 Å². The molecule has 5 heteroatoms. The zero-order valence-corrected chi connectivity index (χ0v) is 14.4. The summed E-state index contributed by atoms with van der Waals surface area (Å²) in [6.07, 6.45) is 5.96. The van der Waals surface area contributed by atoms with Crippen LogP contribution in [0, 0.1) is 11.6 Å². The maximum Gasteiger partial charge on any atom is 0.160 e. The average Bonchev–Trinajstić information content (AvgIpc) is 2.73. The van der Waals surface area contributed by atoms with Crippen LogP contribution >= 0.6 is 38.9 Å². The van der Waals surface area contributed by atoms with Crippen LogP contribution in [0.4, 0.5) is 8.78 Å². The van der Waals surface area contributed by atoms with Gasteiger partial charge in [-0.25, -0.2) is 8.78 Å². The van der Waals surface area contributed by atoms with Crippen LogP contribution < -0.4 is 0 Å². The highest BCUT2D eigenvalue weighted by Crippen LogP contribution is 2.41. The smallest absolute Gasteiger partial charge is 0.160 e. The second-order valence-corrected chi connectivity index (χ2v) is 7.80. The Balaban J connectivity index is 1.95. The van der Waals surface area contributed by atoms with Crippen molar-refractivity contribution in [2.75, 3.05) is 0 Å². The molecule has 0 saturated carbocycles. The van der Waals surface area contributed by atoms with Crippen molar-refractivity contribution in [1.29, 1.82) is 0 Å². The Hall–Kier alpha value is -0.450. The van der Waals surface area contributed by atoms with Crippen molar-refractivity contribution in [3.8, 4) is 0 Å². The highest BCUT2D eigenvalue weighted by molar-refractivity contribution is 9.09. The number of aryl methyl sites for hydroxylation is 2. The molecule has 1 unspecified atom stereocenters. The zero-order valence-electron chi connectivity index (χ0n) is 11.3. The number of alkyl halides is 1. The fraction of sp³-hybridized carbons (Fsp3) is 0.375. The maximum absolute atomic E-state index is 13.5. The fourth-order valence-corrected chi connectivity index (χ4v) is 5.14. The molecule has 112 valence electrons. The lowest BCUT2D eigenvalue weighted by Crippen LogP contribution is -1.95. The third-order valence-electron chi connectivity index (χ3n) is 3.83. The van der Waals surface area contributed by atoms with Crippen molar-refractivity contribution in [1.82, 2.24) is 0 Å². The number of rotatable bonds is 2. The summed E-state index contributed by atoms with van der Waals surface area (Å²) in [5.41, 5.74) is 1.97. The minimum atomic E-state index is -0.912. The van der Waals surface area contributed by atoms with Crippen molar-refractivity contribution in [3.05, 3.63) is 55.7 Å². The predicted molar refractivity (Wildman–Crippen MR) is 87.7 cm³/mol. The molecule has 0 radical (unpaired) electrons. The molecule has 0 N–H and O–H groups in total. The first-order valence-electron chi connectivity index (χ1n) is 6.96. The van der Waals surface area contributed by atoms with E-state index >= 15 is 0 Å². The van der Waals surface area contributed by atoms with Gasteiger partial charge in [0.25, 0.3) is 0 Å². The van der Waals surface area contributed by atoms with E-state index in [0.29, 0.717) is 5.56 Å². The van der Waals surface area contributed by atoms with Crippen LogP contribution in [0.3, 0.4) is 0 Å². The van der Waals surface area contributed by atoms with E-state index in [1.807, 2.05) is 0 Å². The summed E-state index contributed by atoms with van der Waals surface area (Å²) in [6.45, 7) is 0. The maximum atomic E-state index is 13.5. The molecule has 0 fully saturated rings. The molecule has 0 nitrogen and oxygen atoms in total. The van der Waals surface area contributed by atoms with Crippen molar-refractivity contribution in [2.45, 2.75) is 36.9 Å². The standard InChI is InChI=1S/C16H14BrClF2S/c17-16(10-7-12(19)13(20)8-11(10)18)15-6-9-4-2-1-3-5-14(9)21-15/h6-8,16H,1-5H2. The second-order valence-electron chi connectivity index (χ2n) is 5.31. The molecule has 0 amide bonds. The van der Waals surface area contributed by atoms with Crippen molar-refractivity contribution >= 4 is 38.9 Å². The highest BCUT2D eigenvalue weighted by atomic mass is 79.9. The van der Waals surface area contributed by atoms with Gasteiger partial charge in [-0.15, -0.1) is 11.3 Å². The molecule has 0 spiro atoms. The number of hydrogen-bond donors (Lipinski definition) is 0. The van der Waals surface area contributed by atoms with Gasteiger partial charge in [0.2, 0.25) is 0 Å². The number of halogens is 4. The van der Waals surface area contributed by atoms with E-state index in [-0.39, 0.29) is 9.85 Å². The van der Waals surface area contributed by atoms with Gasteiger partial charge in [0.05, 0.1) is 4.83 Å². The van der Waals surface area contributed by atoms with Crippen LogP contribution in [0.25, 0.3) is 0 Å². The number of thiophene rings is 1. The van der Waals surface area contributed by atoms with Crippen LogP contribution in [-0.4, -0.2) is 0 Å². The molecule has 1 heterocycles. The minimum absolute atomic E-state index is 0.197. The van der Waals surface area contributed by atoms with Gasteiger partial charge >= 0.3 is 0 Å². The zero-order chi connectivity index (χ0) is 15.0. The highest BCUT2D eigenvalue weighted by Gasteiger charge is 2.21. The SMILES string of the molecule is Fc1cc(Cl)c(C(Br)c2cc3c(s2)CCCCC3)cc1F. The van der Waals surface area contributed by atoms with E-state index < -0.39 is 11.6 Å². The molecule has 1 aliphatic rings. The third-order valence-corrected chi connectivity index (χ3v) is 6.75. The summed E-state index contributed by atoms with van der Waals surface area (Å²) >= 11 is 11.4. The Labute approximate surface area is 140 Å². The third kappa shape index (κ3) is 3.17. The molecule has 2 aromatic rings. The molecular formula is C16H14BrClF2S. The normalized spacial score (nSPS) is 16.4. The van der Waals surface area contributed by atoms with Crippen LogP contribution in [-0.2, 0) is 12.8 Å². The van der Waals surface area contributed by atoms with Gasteiger partial charge in [0, 0.05) is 14.8 Å². The lowest BCUT2D eigenvalue weighted by atomic mass is 10.1. The van der Waals surface area contributed by atoms with E-state index in [1.54, 1.807) is 11.3 Å². The fourth-order valence-electron chi connectivity index (χ4n) is 2.70. The lowest BCUT2D eigenvalue weighted by Gasteiger charge is -2.11. The molecular weight excluding hydrogens is 378 g/mol. The van der Waals surface area contributed by atoms with E-state index in [4.69, 9.17) is 11.6 Å². The first-order valence-corrected chi connectivity index (χ1v) is 9.07. The van der Waals surface area contributed by atoms with E-state index in [2.05, 4.69) is 22.0 Å². The number of fused-ring (bicyclic) bond motifs is 1. The molecule has 1 aromatic heterocycles. The topological polar surface area (TPSA) is 0 Å². The largest absolute Gasteiger partial charge is 0.204 e. The van der Waals surface area contributed by atoms with Gasteiger partial charge in [-0.1, -0.05) is 34.0 Å². The van der Waals surface area contributed by atoms with E-state index in [0.717, 1.165) is 23.8 Å². The van der Waals surface area contributed by atoms with Crippen LogP contribution in [0.15, 0.2) is 18.2 Å². The Morgan fingerprint density at radius 1 is 1.05 bits per heavy atom. The van der Waals surface area contributed by atoms with Gasteiger partial charge in [0.15, 0.2) is 11.6 Å². The summed E-state index contributed by atoms with van der Waals surface area (Å²) in [4.78, 5) is 2.33. The second kappa shape index (κ2) is 6.35. The van der Waals surface area contributed by atoms with Crippen LogP contribution in [0.5, 0.6) is 0 Å². The van der Waals surface area contributed by atoms with Crippen LogP contribution in [0.2, 0.25) is 5.02 Å². The molecule has 0 bridgehead atoms. The van der Waals surface area contributed by atoms with Gasteiger partial charge in [-0.2, -0.15) is 0 Å². The Morgan fingerprint density at radius 2 is 1.76 bits per heavy atom. The summed E-state index contributed by atoms with van der Waals surface area (Å²) in [7, 11) is 0. The molecule has 21 heavy (non-hydrogen) atoms. The van der Waals surface area contributed by atoms with Crippen LogP contribution in [0.1, 0.15) is 45.0 Å². The molecule has 3 rings (SSSR count). The molecule has 1 aromatic carbocycles. The molecule has 1 atom stereocenters. The Kier molecular flexibility index (Phi) is 4.67. The van der Waals surface area contributed by atoms with Gasteiger partial charge < -0.3 is 0 Å². The summed E-state index contributed by atoms with van der Waals surface area (Å²) < 4.78 is 26.6. The Morgan fingerprint density at radius 3 is 2.57 bits per heavy atom. The molecule has 0 aliphatic heterocycles. The summed E-state index contributed by atoms with van der Waals surface area (Å²) in [5, 5.41) is 0.249. The molecule has 1 aliphatic carbocycles. The Bertz CT molecular complexity index is 645. The van der Waals surface area contributed by atoms with Crippen molar-refractivity contribution < 1.29 is 8.78 Å². The predicted octanol–water partition coefficient (Wildman–Crippen LogP) is 6.43. The summed E-state index contributed by atoms with van der Waals surface area (Å²) in [6, 6.07) is 4.41. The summed E-state index contributed by atoms with van der Waals surface area (Å²) in [5.74, 6) is -1.78. The quantitative estimate of drug-likeness (QED) is 0.314. The first kappa shape index (κ1) is 15.4. The van der Waals surface area contributed by atoms with Gasteiger partial charge in [0.1, 0.15) is 0 Å². The average molecular weight is 392 g/mol. The minimum Gasteiger partial charge on any atom is -0.204 e. The molecule has 0 saturated heterocycles. The van der Waals surface area contributed by atoms with E-state index in [9.17, 15) is 8.78 Å². The van der Waals surface area contributed by atoms with Gasteiger partial charge in [-0.05, 0) is 55.0 Å². The number of benzene rings is 1. The van der Waals surface area contributed by atoms with Gasteiger partial charge in [-0.3, -0.25) is 0 Å². The van der Waals surface area contributed by atoms with Crippen molar-refractivity contribution in [3.63, 3.8) is 0 Å². The monoisotopic (exact) mass is 390 g/mol. The van der Waals surface area contributed by atoms with E-state index in [1.165, 1.54) is 35.8 Å².